The Kier molecular flexibility index (Phi) is 3.38. The van der Waals surface area contributed by atoms with Crippen LogP contribution >= 0.6 is 0 Å². The molecule has 0 heterocycles. The molecule has 0 amide bonds. The van der Waals surface area contributed by atoms with Crippen molar-refractivity contribution in [3.63, 3.8) is 0 Å². The minimum Gasteiger partial charge on any atom is -0.298 e. The van der Waals surface area contributed by atoms with Gasteiger partial charge in [0.1, 0.15) is 5.82 Å². The van der Waals surface area contributed by atoms with Crippen molar-refractivity contribution in [3.8, 4) is 11.1 Å². The van der Waals surface area contributed by atoms with Gasteiger partial charge < -0.3 is 0 Å². The van der Waals surface area contributed by atoms with Crippen molar-refractivity contribution < 1.29 is 22.4 Å². The van der Waals surface area contributed by atoms with Crippen LogP contribution in [0.3, 0.4) is 0 Å². The van der Waals surface area contributed by atoms with Gasteiger partial charge in [0.05, 0.1) is 5.56 Å². The second kappa shape index (κ2) is 4.84. The molecule has 5 heteroatoms. The molecule has 0 aliphatic carbocycles. The molecule has 19 heavy (non-hydrogen) atoms. The third kappa shape index (κ3) is 2.65. The average Bonchev–Trinajstić information content (AvgIpc) is 2.37. The van der Waals surface area contributed by atoms with Crippen molar-refractivity contribution in [2.24, 2.45) is 0 Å². The molecule has 2 aromatic carbocycles. The van der Waals surface area contributed by atoms with Gasteiger partial charge in [0.25, 0.3) is 0 Å². The second-order valence-electron chi connectivity index (χ2n) is 3.89. The molecular formula is C14H8F4O. The van der Waals surface area contributed by atoms with Crippen LogP contribution in [0.2, 0.25) is 0 Å². The molecule has 0 spiro atoms. The summed E-state index contributed by atoms with van der Waals surface area (Å²) in [5, 5.41) is 0. The summed E-state index contributed by atoms with van der Waals surface area (Å²) in [4.78, 5) is 11.0. The maximum Gasteiger partial charge on any atom is 0.417 e. The Morgan fingerprint density at radius 1 is 0.947 bits per heavy atom. The fraction of sp³-hybridized carbons (Fsp3) is 0.0714. The van der Waals surface area contributed by atoms with Crippen LogP contribution in [0.5, 0.6) is 0 Å². The normalized spacial score (nSPS) is 11.4. The number of rotatable bonds is 2. The molecule has 0 aliphatic heterocycles. The summed E-state index contributed by atoms with van der Waals surface area (Å²) < 4.78 is 51.1. The molecule has 0 atom stereocenters. The van der Waals surface area contributed by atoms with E-state index in [-0.39, 0.29) is 11.8 Å². The third-order valence-corrected chi connectivity index (χ3v) is 2.68. The Bertz CT molecular complexity index is 600. The first-order chi connectivity index (χ1) is 8.93. The van der Waals surface area contributed by atoms with Crippen LogP contribution in [0.15, 0.2) is 42.5 Å². The minimum atomic E-state index is -4.60. The van der Waals surface area contributed by atoms with Crippen LogP contribution in [0.4, 0.5) is 17.6 Å². The lowest BCUT2D eigenvalue weighted by Crippen LogP contribution is -2.09. The zero-order valence-electron chi connectivity index (χ0n) is 9.54. The quantitative estimate of drug-likeness (QED) is 0.585. The van der Waals surface area contributed by atoms with Crippen molar-refractivity contribution in [2.75, 3.05) is 0 Å². The molecule has 0 aliphatic rings. The fourth-order valence-electron chi connectivity index (χ4n) is 1.82. The summed E-state index contributed by atoms with van der Waals surface area (Å²) in [5.74, 6) is -0.497. The highest BCUT2D eigenvalue weighted by Crippen LogP contribution is 2.35. The van der Waals surface area contributed by atoms with Gasteiger partial charge in [-0.1, -0.05) is 24.3 Å². The van der Waals surface area contributed by atoms with Gasteiger partial charge in [-0.25, -0.2) is 4.39 Å². The molecule has 98 valence electrons. The van der Waals surface area contributed by atoms with Crippen LogP contribution in [0, 0.1) is 5.82 Å². The maximum absolute atomic E-state index is 12.8. The molecule has 2 rings (SSSR count). The van der Waals surface area contributed by atoms with Crippen LogP contribution < -0.4 is 0 Å². The van der Waals surface area contributed by atoms with E-state index in [9.17, 15) is 22.4 Å². The van der Waals surface area contributed by atoms with Gasteiger partial charge >= 0.3 is 6.18 Å². The number of carbonyl (C=O) groups is 1. The zero-order chi connectivity index (χ0) is 14.0. The average molecular weight is 268 g/mol. The van der Waals surface area contributed by atoms with Gasteiger partial charge in [-0.05, 0) is 29.3 Å². The smallest absolute Gasteiger partial charge is 0.298 e. The molecule has 0 saturated carbocycles. The number of benzene rings is 2. The minimum absolute atomic E-state index is 0.129. The molecule has 0 fully saturated rings. The number of carbonyl (C=O) groups excluding carboxylic acids is 1. The highest BCUT2D eigenvalue weighted by molar-refractivity contribution is 5.89. The van der Waals surface area contributed by atoms with E-state index in [1.807, 2.05) is 0 Å². The standard InChI is InChI=1S/C14H8F4O/c15-10-6-4-9(5-7-10)11-2-1-3-13(12(11)8-19)14(16,17)18/h1-8H. The first kappa shape index (κ1) is 13.3. The molecule has 0 bridgehead atoms. The van der Waals surface area contributed by atoms with E-state index in [4.69, 9.17) is 0 Å². The summed E-state index contributed by atoms with van der Waals surface area (Å²) in [7, 11) is 0. The maximum atomic E-state index is 12.8. The number of hydrogen-bond donors (Lipinski definition) is 0. The van der Waals surface area contributed by atoms with E-state index in [1.54, 1.807) is 0 Å². The number of alkyl halides is 3. The molecule has 0 N–H and O–H groups in total. The highest BCUT2D eigenvalue weighted by Gasteiger charge is 2.34. The Morgan fingerprint density at radius 3 is 2.11 bits per heavy atom. The van der Waals surface area contributed by atoms with Crippen molar-refractivity contribution in [2.45, 2.75) is 6.18 Å². The molecule has 0 saturated heterocycles. The SMILES string of the molecule is O=Cc1c(-c2ccc(F)cc2)cccc1C(F)(F)F. The molecule has 0 radical (unpaired) electrons. The van der Waals surface area contributed by atoms with Crippen LogP contribution in [-0.2, 0) is 6.18 Å². The monoisotopic (exact) mass is 268 g/mol. The van der Waals surface area contributed by atoms with Crippen LogP contribution in [-0.4, -0.2) is 6.29 Å². The molecule has 0 unspecified atom stereocenters. The highest BCUT2D eigenvalue weighted by atomic mass is 19.4. The second-order valence-corrected chi connectivity index (χ2v) is 3.89. The molecular weight excluding hydrogens is 260 g/mol. The Balaban J connectivity index is 2.64. The lowest BCUT2D eigenvalue weighted by molar-refractivity contribution is -0.137. The third-order valence-electron chi connectivity index (χ3n) is 2.68. The Labute approximate surface area is 106 Å². The van der Waals surface area contributed by atoms with Gasteiger partial charge in [0.2, 0.25) is 0 Å². The molecule has 1 nitrogen and oxygen atoms in total. The van der Waals surface area contributed by atoms with Gasteiger partial charge in [0, 0.05) is 5.56 Å². The van der Waals surface area contributed by atoms with Gasteiger partial charge in [-0.3, -0.25) is 4.79 Å². The Morgan fingerprint density at radius 2 is 1.58 bits per heavy atom. The number of halogens is 4. The van der Waals surface area contributed by atoms with Gasteiger partial charge in [0.15, 0.2) is 6.29 Å². The lowest BCUT2D eigenvalue weighted by Gasteiger charge is -2.13. The largest absolute Gasteiger partial charge is 0.417 e. The number of aldehydes is 1. The predicted molar refractivity (Wildman–Crippen MR) is 62.2 cm³/mol. The summed E-state index contributed by atoms with van der Waals surface area (Å²) in [6.07, 6.45) is -4.44. The van der Waals surface area contributed by atoms with Gasteiger partial charge in [-0.2, -0.15) is 13.2 Å². The summed E-state index contributed by atoms with van der Waals surface area (Å²) >= 11 is 0. The molecule has 0 aromatic heterocycles. The van der Waals surface area contributed by atoms with Crippen molar-refractivity contribution in [3.05, 3.63) is 59.4 Å². The zero-order valence-corrected chi connectivity index (χ0v) is 9.54. The predicted octanol–water partition coefficient (Wildman–Crippen LogP) is 4.32. The first-order valence-corrected chi connectivity index (χ1v) is 5.35. The van der Waals surface area contributed by atoms with Crippen LogP contribution in [0.1, 0.15) is 15.9 Å². The van der Waals surface area contributed by atoms with Crippen molar-refractivity contribution >= 4 is 6.29 Å². The van der Waals surface area contributed by atoms with E-state index < -0.39 is 23.1 Å². The summed E-state index contributed by atoms with van der Waals surface area (Å²) in [5.41, 5.74) is -0.953. The first-order valence-electron chi connectivity index (χ1n) is 5.35. The Hall–Kier alpha value is -2.17. The van der Waals surface area contributed by atoms with Crippen molar-refractivity contribution in [1.82, 2.24) is 0 Å². The van der Waals surface area contributed by atoms with E-state index in [0.29, 0.717) is 5.56 Å². The van der Waals surface area contributed by atoms with Crippen LogP contribution in [0.25, 0.3) is 11.1 Å². The van der Waals surface area contributed by atoms with E-state index in [2.05, 4.69) is 0 Å². The summed E-state index contributed by atoms with van der Waals surface area (Å²) in [6.45, 7) is 0. The lowest BCUT2D eigenvalue weighted by atomic mass is 9.96. The topological polar surface area (TPSA) is 17.1 Å². The van der Waals surface area contributed by atoms with Crippen molar-refractivity contribution in [1.29, 1.82) is 0 Å². The fourth-order valence-corrected chi connectivity index (χ4v) is 1.82. The molecule has 2 aromatic rings. The van der Waals surface area contributed by atoms with E-state index >= 15 is 0 Å². The van der Waals surface area contributed by atoms with E-state index in [0.717, 1.165) is 18.2 Å². The van der Waals surface area contributed by atoms with Gasteiger partial charge in [-0.15, -0.1) is 0 Å². The van der Waals surface area contributed by atoms with E-state index in [1.165, 1.54) is 24.3 Å². The summed E-state index contributed by atoms with van der Waals surface area (Å²) in [6, 6.07) is 8.38. The number of hydrogen-bond acceptors (Lipinski definition) is 1.